The molecule has 2 N–H and O–H groups in total. The largest absolute Gasteiger partial charge is 0.467 e. The fraction of sp³-hybridized carbons (Fsp3) is 0.500. The van der Waals surface area contributed by atoms with Gasteiger partial charge < -0.3 is 15.2 Å². The van der Waals surface area contributed by atoms with Crippen LogP contribution in [0.25, 0.3) is 0 Å². The van der Waals surface area contributed by atoms with Crippen molar-refractivity contribution < 1.29 is 19.4 Å². The van der Waals surface area contributed by atoms with Crippen LogP contribution in [0.2, 0.25) is 0 Å². The van der Waals surface area contributed by atoms with E-state index >= 15 is 0 Å². The van der Waals surface area contributed by atoms with Crippen LogP contribution in [-0.2, 0) is 20.7 Å². The molecular formula is C16H22INO4. The first-order chi connectivity index (χ1) is 10.3. The van der Waals surface area contributed by atoms with Crippen molar-refractivity contribution >= 4 is 34.5 Å². The SMILES string of the molecule is COC(=O)[C@@H](Cc1ccccc1I)NC(=O)[C@@H](O)CC(C)C. The van der Waals surface area contributed by atoms with E-state index in [1.807, 2.05) is 38.1 Å². The topological polar surface area (TPSA) is 75.6 Å². The first kappa shape index (κ1) is 18.9. The summed E-state index contributed by atoms with van der Waals surface area (Å²) in [7, 11) is 1.28. The minimum atomic E-state index is -1.12. The Morgan fingerprint density at radius 2 is 1.95 bits per heavy atom. The molecule has 0 bridgehead atoms. The smallest absolute Gasteiger partial charge is 0.328 e. The summed E-state index contributed by atoms with van der Waals surface area (Å²) in [6.07, 6.45) is -0.448. The highest BCUT2D eigenvalue weighted by Crippen LogP contribution is 2.14. The molecule has 1 rings (SSSR count). The monoisotopic (exact) mass is 419 g/mol. The minimum Gasteiger partial charge on any atom is -0.467 e. The summed E-state index contributed by atoms with van der Waals surface area (Å²) in [4.78, 5) is 23.9. The van der Waals surface area contributed by atoms with Gasteiger partial charge in [-0.05, 0) is 46.6 Å². The highest BCUT2D eigenvalue weighted by Gasteiger charge is 2.26. The summed E-state index contributed by atoms with van der Waals surface area (Å²) in [6, 6.07) is 6.80. The zero-order valence-electron chi connectivity index (χ0n) is 13.0. The Labute approximate surface area is 144 Å². The van der Waals surface area contributed by atoms with Gasteiger partial charge in [0.2, 0.25) is 5.91 Å². The number of nitrogens with one attached hydrogen (secondary N) is 1. The van der Waals surface area contributed by atoms with Gasteiger partial charge in [-0.25, -0.2) is 4.79 Å². The Hall–Kier alpha value is -1.15. The Balaban J connectivity index is 2.79. The molecule has 22 heavy (non-hydrogen) atoms. The van der Waals surface area contributed by atoms with Gasteiger partial charge >= 0.3 is 5.97 Å². The molecule has 122 valence electrons. The number of aliphatic hydroxyl groups excluding tert-OH is 1. The number of methoxy groups -OCH3 is 1. The molecule has 0 aliphatic rings. The molecule has 0 heterocycles. The lowest BCUT2D eigenvalue weighted by atomic mass is 10.0. The quantitative estimate of drug-likeness (QED) is 0.523. The average Bonchev–Trinajstić information content (AvgIpc) is 2.47. The Bertz CT molecular complexity index is 519. The van der Waals surface area contributed by atoms with Crippen LogP contribution in [0.15, 0.2) is 24.3 Å². The number of esters is 1. The minimum absolute atomic E-state index is 0.187. The van der Waals surface area contributed by atoms with E-state index in [0.29, 0.717) is 12.8 Å². The van der Waals surface area contributed by atoms with Gasteiger partial charge in [-0.3, -0.25) is 4.79 Å². The molecular weight excluding hydrogens is 397 g/mol. The molecule has 0 saturated heterocycles. The molecule has 5 nitrogen and oxygen atoms in total. The molecule has 0 radical (unpaired) electrons. The van der Waals surface area contributed by atoms with Crippen LogP contribution in [0.1, 0.15) is 25.8 Å². The zero-order chi connectivity index (χ0) is 16.7. The molecule has 0 unspecified atom stereocenters. The molecule has 0 aromatic heterocycles. The van der Waals surface area contributed by atoms with Crippen LogP contribution < -0.4 is 5.32 Å². The maximum absolute atomic E-state index is 12.0. The van der Waals surface area contributed by atoms with Crippen molar-refractivity contribution in [1.29, 1.82) is 0 Å². The fourth-order valence-electron chi connectivity index (χ4n) is 2.04. The highest BCUT2D eigenvalue weighted by atomic mass is 127. The number of carbonyl (C=O) groups is 2. The van der Waals surface area contributed by atoms with Crippen molar-refractivity contribution in [1.82, 2.24) is 5.32 Å². The average molecular weight is 419 g/mol. The van der Waals surface area contributed by atoms with Gasteiger partial charge in [0.15, 0.2) is 0 Å². The van der Waals surface area contributed by atoms with Crippen molar-refractivity contribution in [2.45, 2.75) is 38.8 Å². The number of ether oxygens (including phenoxy) is 1. The lowest BCUT2D eigenvalue weighted by Crippen LogP contribution is -2.47. The van der Waals surface area contributed by atoms with E-state index in [-0.39, 0.29) is 5.92 Å². The number of rotatable bonds is 7. The van der Waals surface area contributed by atoms with E-state index in [9.17, 15) is 14.7 Å². The number of benzene rings is 1. The van der Waals surface area contributed by atoms with Gasteiger partial charge in [0, 0.05) is 9.99 Å². The molecule has 1 aromatic rings. The summed E-state index contributed by atoms with van der Waals surface area (Å²) < 4.78 is 5.75. The summed E-state index contributed by atoms with van der Waals surface area (Å²) >= 11 is 2.18. The van der Waals surface area contributed by atoms with Gasteiger partial charge in [0.25, 0.3) is 0 Å². The highest BCUT2D eigenvalue weighted by molar-refractivity contribution is 14.1. The van der Waals surface area contributed by atoms with Crippen LogP contribution in [-0.4, -0.2) is 36.2 Å². The van der Waals surface area contributed by atoms with E-state index in [1.165, 1.54) is 7.11 Å². The maximum atomic E-state index is 12.0. The lowest BCUT2D eigenvalue weighted by Gasteiger charge is -2.20. The van der Waals surface area contributed by atoms with E-state index in [1.54, 1.807) is 0 Å². The third kappa shape index (κ3) is 5.92. The summed E-state index contributed by atoms with van der Waals surface area (Å²) in [5.74, 6) is -0.882. The van der Waals surface area contributed by atoms with Crippen LogP contribution >= 0.6 is 22.6 Å². The van der Waals surface area contributed by atoms with Gasteiger partial charge in [0.05, 0.1) is 7.11 Å². The van der Waals surface area contributed by atoms with E-state index in [0.717, 1.165) is 9.13 Å². The third-order valence-corrected chi connectivity index (χ3v) is 4.23. The number of aliphatic hydroxyl groups is 1. The number of hydrogen-bond acceptors (Lipinski definition) is 4. The van der Waals surface area contributed by atoms with Gasteiger partial charge in [-0.2, -0.15) is 0 Å². The molecule has 1 aromatic carbocycles. The standard InChI is InChI=1S/C16H22INO4/c1-10(2)8-14(19)15(20)18-13(16(21)22-3)9-11-6-4-5-7-12(11)17/h4-7,10,13-14,19H,8-9H2,1-3H3,(H,18,20)/t13-,14+/m1/s1. The maximum Gasteiger partial charge on any atom is 0.328 e. The van der Waals surface area contributed by atoms with Gasteiger partial charge in [-0.15, -0.1) is 0 Å². The van der Waals surface area contributed by atoms with Crippen LogP contribution in [0, 0.1) is 9.49 Å². The van der Waals surface area contributed by atoms with Crippen LogP contribution in [0.4, 0.5) is 0 Å². The molecule has 1 amide bonds. The number of amides is 1. The van der Waals surface area contributed by atoms with Crippen molar-refractivity contribution in [3.05, 3.63) is 33.4 Å². The van der Waals surface area contributed by atoms with Gasteiger partial charge in [-0.1, -0.05) is 32.0 Å². The third-order valence-electron chi connectivity index (χ3n) is 3.18. The molecule has 0 fully saturated rings. The molecule has 0 aliphatic carbocycles. The second kappa shape index (κ2) is 9.09. The molecule has 0 spiro atoms. The van der Waals surface area contributed by atoms with Crippen molar-refractivity contribution in [2.75, 3.05) is 7.11 Å². The predicted octanol–water partition coefficient (Wildman–Crippen LogP) is 1.90. The van der Waals surface area contributed by atoms with Crippen molar-refractivity contribution in [3.63, 3.8) is 0 Å². The molecule has 2 atom stereocenters. The van der Waals surface area contributed by atoms with E-state index in [2.05, 4.69) is 27.9 Å². The van der Waals surface area contributed by atoms with E-state index < -0.39 is 24.0 Å². The first-order valence-electron chi connectivity index (χ1n) is 7.14. The second-order valence-corrected chi connectivity index (χ2v) is 6.69. The predicted molar refractivity (Wildman–Crippen MR) is 92.3 cm³/mol. The Morgan fingerprint density at radius 1 is 1.32 bits per heavy atom. The summed E-state index contributed by atoms with van der Waals surface area (Å²) in [6.45, 7) is 3.83. The van der Waals surface area contributed by atoms with Crippen LogP contribution in [0.5, 0.6) is 0 Å². The molecule has 0 saturated carbocycles. The first-order valence-corrected chi connectivity index (χ1v) is 8.22. The summed E-state index contributed by atoms with van der Waals surface area (Å²) in [5.41, 5.74) is 0.942. The zero-order valence-corrected chi connectivity index (χ0v) is 15.2. The Morgan fingerprint density at radius 3 is 2.50 bits per heavy atom. The number of halogens is 1. The van der Waals surface area contributed by atoms with Crippen molar-refractivity contribution in [3.8, 4) is 0 Å². The summed E-state index contributed by atoms with van der Waals surface area (Å²) in [5, 5.41) is 12.4. The fourth-order valence-corrected chi connectivity index (χ4v) is 2.65. The van der Waals surface area contributed by atoms with E-state index in [4.69, 9.17) is 4.74 Å². The Kier molecular flexibility index (Phi) is 7.81. The second-order valence-electron chi connectivity index (χ2n) is 5.53. The number of carbonyl (C=O) groups excluding carboxylic acids is 2. The van der Waals surface area contributed by atoms with Crippen molar-refractivity contribution in [2.24, 2.45) is 5.92 Å². The number of hydrogen-bond donors (Lipinski definition) is 2. The van der Waals surface area contributed by atoms with Crippen LogP contribution in [0.3, 0.4) is 0 Å². The normalized spacial score (nSPS) is 13.5. The molecule has 6 heteroatoms. The molecule has 0 aliphatic heterocycles. The lowest BCUT2D eigenvalue weighted by molar-refractivity contribution is -0.146. The van der Waals surface area contributed by atoms with Gasteiger partial charge in [0.1, 0.15) is 12.1 Å².